The monoisotopic (exact) mass is 844 g/mol. The highest BCUT2D eigenvalue weighted by atomic mass is 31.1. The topological polar surface area (TPSA) is 58.2 Å². The number of hydrogen-bond acceptors (Lipinski definition) is 2. The Labute approximate surface area is 367 Å². The van der Waals surface area contributed by atoms with Gasteiger partial charge in [0.2, 0.25) is 11.8 Å². The molecule has 0 spiro atoms. The Hall–Kier alpha value is -5.92. The lowest BCUT2D eigenvalue weighted by atomic mass is 9.90. The number of nitrogens with one attached hydrogen (secondary N) is 2. The van der Waals surface area contributed by atoms with Crippen LogP contribution in [-0.4, -0.2) is 23.1 Å². The van der Waals surface area contributed by atoms with E-state index < -0.39 is 15.8 Å². The van der Waals surface area contributed by atoms with Crippen molar-refractivity contribution in [2.45, 2.75) is 49.8 Å². The smallest absolute Gasteiger partial charge is 0.228 e. The van der Waals surface area contributed by atoms with E-state index in [-0.39, 0.29) is 35.0 Å². The SMILES string of the molecule is O=C(Nc1ccc2ccccc2c1-c1c(NC(=O)C2CCCC2P(c2ccccc2)c2ccccc2)ccc2ccccc12)C1CCCC1P(c1ccccc1)c1ccccc1. The predicted octanol–water partition coefficient (Wildman–Crippen LogP) is 12.1. The molecule has 0 aromatic heterocycles. The lowest BCUT2D eigenvalue weighted by molar-refractivity contribution is -0.120. The van der Waals surface area contributed by atoms with Crippen molar-refractivity contribution in [3.63, 3.8) is 0 Å². The highest BCUT2D eigenvalue weighted by Gasteiger charge is 2.41. The molecule has 0 saturated heterocycles. The molecule has 0 heterocycles. The van der Waals surface area contributed by atoms with Crippen molar-refractivity contribution >= 4 is 81.8 Å². The molecule has 8 aromatic carbocycles. The zero-order valence-corrected chi connectivity index (χ0v) is 36.5. The first-order chi connectivity index (χ1) is 30.6. The highest BCUT2D eigenvalue weighted by molar-refractivity contribution is 7.74. The first kappa shape index (κ1) is 40.2. The summed E-state index contributed by atoms with van der Waals surface area (Å²) in [6, 6.07) is 68.4. The third kappa shape index (κ3) is 7.99. The number of hydrogen-bond donors (Lipinski definition) is 2. The maximum Gasteiger partial charge on any atom is 0.228 e. The van der Waals surface area contributed by atoms with Crippen molar-refractivity contribution in [2.24, 2.45) is 11.8 Å². The van der Waals surface area contributed by atoms with Crippen molar-refractivity contribution in [1.29, 1.82) is 0 Å². The van der Waals surface area contributed by atoms with Crippen molar-refractivity contribution < 1.29 is 9.59 Å². The first-order valence-electron chi connectivity index (χ1n) is 22.1. The van der Waals surface area contributed by atoms with E-state index in [9.17, 15) is 9.59 Å². The Morgan fingerprint density at radius 2 is 0.694 bits per heavy atom. The normalized spacial score (nSPS) is 18.7. The number of amides is 2. The molecule has 8 aromatic rings. The number of rotatable bonds is 11. The Kier molecular flexibility index (Phi) is 11.8. The molecule has 306 valence electrons. The summed E-state index contributed by atoms with van der Waals surface area (Å²) in [7, 11) is -1.53. The molecule has 2 aliphatic rings. The van der Waals surface area contributed by atoms with Gasteiger partial charge in [-0.15, -0.1) is 0 Å². The quantitative estimate of drug-likeness (QED) is 0.127. The molecular formula is C56H50N2O2P2. The summed E-state index contributed by atoms with van der Waals surface area (Å²) < 4.78 is 0. The molecule has 2 amide bonds. The van der Waals surface area contributed by atoms with E-state index in [0.29, 0.717) is 0 Å². The lowest BCUT2D eigenvalue weighted by Gasteiger charge is -2.30. The standard InChI is InChI=1S/C56H50N2O2P2/c59-55(47-31-17-33-51(47)61(41-21-5-1-6-22-41)42-23-7-2-8-24-42)57-49-37-35-39-19-13-15-29-45(39)53(49)54-46-30-16-14-20-40(46)36-38-50(54)58-56(60)48-32-18-34-52(48)62(43-25-9-3-10-26-43)44-27-11-4-12-28-44/h1-16,19-30,35-38,47-48,51-52H,17-18,31-34H2,(H,57,59)(H,58,60). The minimum absolute atomic E-state index is 0.0678. The fourth-order valence-electron chi connectivity index (χ4n) is 10.3. The number of carbonyl (C=O) groups is 2. The van der Waals surface area contributed by atoms with Crippen LogP contribution < -0.4 is 31.9 Å². The molecule has 4 nitrogen and oxygen atoms in total. The third-order valence-electron chi connectivity index (χ3n) is 13.1. The van der Waals surface area contributed by atoms with Gasteiger partial charge in [-0.05, 0) is 108 Å². The largest absolute Gasteiger partial charge is 0.325 e. The first-order valence-corrected chi connectivity index (χ1v) is 24.9. The third-order valence-corrected chi connectivity index (χ3v) is 19.0. The molecule has 0 bridgehead atoms. The van der Waals surface area contributed by atoms with E-state index in [0.717, 1.165) is 82.6 Å². The number of anilines is 2. The molecule has 0 radical (unpaired) electrons. The van der Waals surface area contributed by atoms with Gasteiger partial charge >= 0.3 is 0 Å². The molecule has 2 aliphatic carbocycles. The van der Waals surface area contributed by atoms with E-state index in [2.05, 4.69) is 205 Å². The second kappa shape index (κ2) is 18.2. The van der Waals surface area contributed by atoms with Crippen LogP contribution in [0.1, 0.15) is 38.5 Å². The molecule has 2 saturated carbocycles. The Bertz CT molecular complexity index is 2560. The van der Waals surface area contributed by atoms with Crippen LogP contribution in [0.4, 0.5) is 11.4 Å². The van der Waals surface area contributed by atoms with Gasteiger partial charge in [-0.25, -0.2) is 0 Å². The number of fused-ring (bicyclic) bond motifs is 2. The predicted molar refractivity (Wildman–Crippen MR) is 265 cm³/mol. The number of benzene rings is 8. The summed E-state index contributed by atoms with van der Waals surface area (Å²) in [5, 5.41) is 16.6. The van der Waals surface area contributed by atoms with E-state index in [4.69, 9.17) is 0 Å². The molecule has 4 atom stereocenters. The molecule has 10 rings (SSSR count). The van der Waals surface area contributed by atoms with Gasteiger partial charge in [0.1, 0.15) is 0 Å². The summed E-state index contributed by atoms with van der Waals surface area (Å²) >= 11 is 0. The van der Waals surface area contributed by atoms with Crippen molar-refractivity contribution in [1.82, 2.24) is 0 Å². The fourth-order valence-corrected chi connectivity index (χ4v) is 16.5. The lowest BCUT2D eigenvalue weighted by Crippen LogP contribution is -2.33. The molecule has 0 aliphatic heterocycles. The minimum Gasteiger partial charge on any atom is -0.325 e. The Morgan fingerprint density at radius 3 is 1.05 bits per heavy atom. The molecule has 2 fully saturated rings. The minimum atomic E-state index is -0.767. The van der Waals surface area contributed by atoms with Crippen molar-refractivity contribution in [2.75, 3.05) is 10.6 Å². The van der Waals surface area contributed by atoms with Crippen LogP contribution in [-0.2, 0) is 9.59 Å². The highest BCUT2D eigenvalue weighted by Crippen LogP contribution is 2.53. The van der Waals surface area contributed by atoms with E-state index >= 15 is 0 Å². The second-order valence-electron chi connectivity index (χ2n) is 16.7. The average Bonchev–Trinajstić information content (AvgIpc) is 4.02. The summed E-state index contributed by atoms with van der Waals surface area (Å²) in [4.78, 5) is 30.0. The van der Waals surface area contributed by atoms with Gasteiger partial charge in [-0.1, -0.05) is 195 Å². The molecule has 62 heavy (non-hydrogen) atoms. The van der Waals surface area contributed by atoms with Crippen molar-refractivity contribution in [3.8, 4) is 11.1 Å². The van der Waals surface area contributed by atoms with Crippen LogP contribution in [0.2, 0.25) is 0 Å². The zero-order valence-electron chi connectivity index (χ0n) is 34.7. The van der Waals surface area contributed by atoms with Crippen molar-refractivity contribution in [3.05, 3.63) is 194 Å². The van der Waals surface area contributed by atoms with E-state index in [1.165, 1.54) is 21.2 Å². The average molecular weight is 845 g/mol. The van der Waals surface area contributed by atoms with Gasteiger partial charge in [-0.3, -0.25) is 9.59 Å². The van der Waals surface area contributed by atoms with Crippen LogP contribution in [0.15, 0.2) is 194 Å². The van der Waals surface area contributed by atoms with Crippen LogP contribution in [0.25, 0.3) is 32.7 Å². The summed E-state index contributed by atoms with van der Waals surface area (Å²) in [5.74, 6) is -0.150. The van der Waals surface area contributed by atoms with E-state index in [1.54, 1.807) is 0 Å². The Balaban J connectivity index is 1.04. The van der Waals surface area contributed by atoms with Crippen LogP contribution in [0.3, 0.4) is 0 Å². The van der Waals surface area contributed by atoms with E-state index in [1.807, 2.05) is 0 Å². The Morgan fingerprint density at radius 1 is 0.371 bits per heavy atom. The van der Waals surface area contributed by atoms with Gasteiger partial charge in [0.15, 0.2) is 0 Å². The molecule has 2 N–H and O–H groups in total. The molecule has 6 heteroatoms. The van der Waals surface area contributed by atoms with Gasteiger partial charge < -0.3 is 10.6 Å². The summed E-state index contributed by atoms with van der Waals surface area (Å²) in [6.45, 7) is 0. The summed E-state index contributed by atoms with van der Waals surface area (Å²) in [5.41, 5.74) is 3.83. The number of carbonyl (C=O) groups excluding carboxylic acids is 2. The maximum absolute atomic E-state index is 15.0. The zero-order chi connectivity index (χ0) is 41.8. The van der Waals surface area contributed by atoms with Crippen LogP contribution in [0, 0.1) is 11.8 Å². The molecular weight excluding hydrogens is 795 g/mol. The van der Waals surface area contributed by atoms with Crippen LogP contribution in [0.5, 0.6) is 0 Å². The van der Waals surface area contributed by atoms with Gasteiger partial charge in [0, 0.05) is 34.3 Å². The molecule has 4 unspecified atom stereocenters. The van der Waals surface area contributed by atoms with Gasteiger partial charge in [-0.2, -0.15) is 0 Å². The van der Waals surface area contributed by atoms with Crippen LogP contribution >= 0.6 is 15.8 Å². The van der Waals surface area contributed by atoms with Gasteiger partial charge in [0.25, 0.3) is 0 Å². The fraction of sp³-hybridized carbons (Fsp3) is 0.179. The summed E-state index contributed by atoms with van der Waals surface area (Å²) in [6.07, 6.45) is 5.76. The second-order valence-corrected chi connectivity index (χ2v) is 21.6. The maximum atomic E-state index is 15.0. The van der Waals surface area contributed by atoms with Gasteiger partial charge in [0.05, 0.1) is 0 Å².